The molecule has 2 aromatic rings. The molecular weight excluding hydrogens is 370 g/mol. The van der Waals surface area contributed by atoms with Gasteiger partial charge in [0.1, 0.15) is 5.60 Å². The van der Waals surface area contributed by atoms with Crippen LogP contribution in [-0.2, 0) is 15.1 Å². The van der Waals surface area contributed by atoms with Gasteiger partial charge < -0.3 is 20.1 Å². The zero-order valence-corrected chi connectivity index (χ0v) is 17.5. The van der Waals surface area contributed by atoms with Crippen LogP contribution in [0.25, 0.3) is 11.3 Å². The van der Waals surface area contributed by atoms with Gasteiger partial charge in [-0.05, 0) is 38.8 Å². The smallest absolute Gasteiger partial charge is 0.245 e. The highest BCUT2D eigenvalue weighted by molar-refractivity contribution is 5.99. The number of nitrogens with zero attached hydrogens (tertiary/aromatic N) is 4. The number of likely N-dealkylation sites (N-methyl/N-ethyl adjacent to an activating group) is 1. The molecule has 4 rings (SSSR count). The lowest BCUT2D eigenvalue weighted by molar-refractivity contribution is -0.115. The quantitative estimate of drug-likeness (QED) is 0.815. The molecule has 2 N–H and O–H groups in total. The van der Waals surface area contributed by atoms with E-state index in [1.807, 2.05) is 6.07 Å². The van der Waals surface area contributed by atoms with E-state index in [4.69, 9.17) is 4.74 Å². The summed E-state index contributed by atoms with van der Waals surface area (Å²) in [4.78, 5) is 26.3. The minimum atomic E-state index is -0.982. The van der Waals surface area contributed by atoms with E-state index in [0.29, 0.717) is 29.1 Å². The number of hydrogen-bond acceptors (Lipinski definition) is 7. The van der Waals surface area contributed by atoms with Crippen LogP contribution in [0.1, 0.15) is 46.7 Å². The zero-order valence-electron chi connectivity index (χ0n) is 17.5. The first-order valence-corrected chi connectivity index (χ1v) is 9.88. The standard InChI is InChI=1S/C15H17N5O2.C6H12O.H2/c1-15(2,22)11-5-4-9(6-16-11)10-7-17-13-14(18-10)20(3)8-12(21)19-13;1-7-6-4-2-3-5-6;/h4-7,22H,8H2,1-3H3,(H,17,19,21);6H,2-5H2,1H3;1H. The van der Waals surface area contributed by atoms with Gasteiger partial charge in [0.25, 0.3) is 0 Å². The molecule has 2 aromatic heterocycles. The van der Waals surface area contributed by atoms with Gasteiger partial charge in [-0.15, -0.1) is 0 Å². The maximum Gasteiger partial charge on any atom is 0.245 e. The summed E-state index contributed by atoms with van der Waals surface area (Å²) in [6.45, 7) is 3.62. The van der Waals surface area contributed by atoms with E-state index in [9.17, 15) is 9.90 Å². The molecule has 0 saturated heterocycles. The van der Waals surface area contributed by atoms with E-state index in [1.165, 1.54) is 25.7 Å². The lowest BCUT2D eigenvalue weighted by Crippen LogP contribution is -2.36. The number of amides is 1. The summed E-state index contributed by atoms with van der Waals surface area (Å²) in [5, 5.41) is 12.6. The molecule has 0 radical (unpaired) electrons. The van der Waals surface area contributed by atoms with Gasteiger partial charge in [0, 0.05) is 27.3 Å². The number of carbonyl (C=O) groups excluding carboxylic acids is 1. The Morgan fingerprint density at radius 2 is 1.97 bits per heavy atom. The first-order chi connectivity index (χ1) is 13.8. The molecule has 29 heavy (non-hydrogen) atoms. The van der Waals surface area contributed by atoms with Crippen LogP contribution < -0.4 is 10.2 Å². The Bertz CT molecular complexity index is 849. The molecule has 2 aliphatic rings. The Balaban J connectivity index is 0.000000341. The van der Waals surface area contributed by atoms with Crippen molar-refractivity contribution in [3.63, 3.8) is 0 Å². The van der Waals surface area contributed by atoms with Gasteiger partial charge in [-0.1, -0.05) is 12.8 Å². The lowest BCUT2D eigenvalue weighted by Gasteiger charge is -2.25. The normalized spacial score (nSPS) is 16.7. The third-order valence-corrected chi connectivity index (χ3v) is 5.08. The average molecular weight is 402 g/mol. The Morgan fingerprint density at radius 3 is 2.52 bits per heavy atom. The molecule has 1 saturated carbocycles. The Morgan fingerprint density at radius 1 is 1.24 bits per heavy atom. The van der Waals surface area contributed by atoms with Gasteiger partial charge in [0.15, 0.2) is 11.6 Å². The SMILES string of the molecule is CN1CC(=O)Nc2ncc(-c3ccc(C(C)(C)O)nc3)nc21.COC1CCCC1.[HH]. The summed E-state index contributed by atoms with van der Waals surface area (Å²) < 4.78 is 5.11. The molecule has 3 heterocycles. The van der Waals surface area contributed by atoms with Crippen molar-refractivity contribution in [3.8, 4) is 11.3 Å². The fraction of sp³-hybridized carbons (Fsp3) is 0.524. The van der Waals surface area contributed by atoms with Crippen LogP contribution >= 0.6 is 0 Å². The molecule has 0 unspecified atom stereocenters. The summed E-state index contributed by atoms with van der Waals surface area (Å²) in [6.07, 6.45) is 9.17. The number of carbonyl (C=O) groups is 1. The number of fused-ring (bicyclic) bond motifs is 1. The first kappa shape index (κ1) is 21.1. The van der Waals surface area contributed by atoms with E-state index in [2.05, 4.69) is 20.3 Å². The molecule has 8 heteroatoms. The maximum absolute atomic E-state index is 11.5. The summed E-state index contributed by atoms with van der Waals surface area (Å²) >= 11 is 0. The van der Waals surface area contributed by atoms with Crippen LogP contribution in [0.3, 0.4) is 0 Å². The lowest BCUT2D eigenvalue weighted by atomic mass is 10.0. The van der Waals surface area contributed by atoms with Gasteiger partial charge in [0.2, 0.25) is 5.91 Å². The van der Waals surface area contributed by atoms with E-state index in [0.717, 1.165) is 5.56 Å². The van der Waals surface area contributed by atoms with E-state index in [1.54, 1.807) is 51.4 Å². The largest absolute Gasteiger partial charge is 0.384 e. The van der Waals surface area contributed by atoms with Crippen molar-refractivity contribution in [1.29, 1.82) is 0 Å². The third-order valence-electron chi connectivity index (χ3n) is 5.08. The monoisotopic (exact) mass is 401 g/mol. The fourth-order valence-electron chi connectivity index (χ4n) is 3.37. The van der Waals surface area contributed by atoms with Crippen molar-refractivity contribution in [2.45, 2.75) is 51.2 Å². The number of hydrogen-bond donors (Lipinski definition) is 2. The van der Waals surface area contributed by atoms with Crippen LogP contribution in [0.4, 0.5) is 11.6 Å². The van der Waals surface area contributed by atoms with Gasteiger partial charge in [-0.3, -0.25) is 9.78 Å². The summed E-state index contributed by atoms with van der Waals surface area (Å²) in [5.74, 6) is 0.987. The number of methoxy groups -OCH3 is 1. The van der Waals surface area contributed by atoms with Crippen molar-refractivity contribution in [3.05, 3.63) is 30.2 Å². The molecule has 1 fully saturated rings. The number of anilines is 2. The molecular formula is C21H31N5O3. The highest BCUT2D eigenvalue weighted by Gasteiger charge is 2.23. The number of pyridine rings is 1. The average Bonchev–Trinajstić information content (AvgIpc) is 3.21. The molecule has 1 aliphatic heterocycles. The molecule has 0 bridgehead atoms. The van der Waals surface area contributed by atoms with Gasteiger partial charge in [-0.2, -0.15) is 0 Å². The second kappa shape index (κ2) is 8.84. The third kappa shape index (κ3) is 5.27. The van der Waals surface area contributed by atoms with E-state index < -0.39 is 5.60 Å². The van der Waals surface area contributed by atoms with E-state index >= 15 is 0 Å². The molecule has 158 valence electrons. The fourth-order valence-corrected chi connectivity index (χ4v) is 3.37. The molecule has 0 aromatic carbocycles. The molecule has 0 atom stereocenters. The zero-order chi connectivity index (χ0) is 21.0. The second-order valence-corrected chi connectivity index (χ2v) is 7.96. The van der Waals surface area contributed by atoms with Crippen molar-refractivity contribution in [1.82, 2.24) is 15.0 Å². The van der Waals surface area contributed by atoms with Crippen LogP contribution in [0.15, 0.2) is 24.5 Å². The number of ether oxygens (including phenoxy) is 1. The van der Waals surface area contributed by atoms with Crippen LogP contribution in [0, 0.1) is 0 Å². The Labute approximate surface area is 172 Å². The predicted molar refractivity (Wildman–Crippen MR) is 114 cm³/mol. The maximum atomic E-state index is 11.5. The Hall–Kier alpha value is -2.58. The predicted octanol–water partition coefficient (Wildman–Crippen LogP) is 2.98. The Kier molecular flexibility index (Phi) is 6.44. The number of rotatable bonds is 3. The van der Waals surface area contributed by atoms with Crippen molar-refractivity contribution in [2.75, 3.05) is 30.9 Å². The first-order valence-electron chi connectivity index (χ1n) is 9.88. The van der Waals surface area contributed by atoms with Crippen molar-refractivity contribution < 1.29 is 16.1 Å². The van der Waals surface area contributed by atoms with Crippen LogP contribution in [0.5, 0.6) is 0 Å². The molecule has 1 aliphatic carbocycles. The van der Waals surface area contributed by atoms with Crippen molar-refractivity contribution in [2.24, 2.45) is 0 Å². The highest BCUT2D eigenvalue weighted by Crippen LogP contribution is 2.28. The van der Waals surface area contributed by atoms with Gasteiger partial charge >= 0.3 is 0 Å². The van der Waals surface area contributed by atoms with E-state index in [-0.39, 0.29) is 13.9 Å². The molecule has 1 amide bonds. The minimum Gasteiger partial charge on any atom is -0.384 e. The second-order valence-electron chi connectivity index (χ2n) is 7.96. The van der Waals surface area contributed by atoms with Crippen LogP contribution in [-0.4, -0.2) is 52.8 Å². The summed E-state index contributed by atoms with van der Waals surface area (Å²) in [5.41, 5.74) is 1.07. The van der Waals surface area contributed by atoms with Gasteiger partial charge in [-0.25, -0.2) is 9.97 Å². The summed E-state index contributed by atoms with van der Waals surface area (Å²) in [7, 11) is 3.60. The van der Waals surface area contributed by atoms with Crippen molar-refractivity contribution >= 4 is 17.5 Å². The van der Waals surface area contributed by atoms with Crippen LogP contribution in [0.2, 0.25) is 0 Å². The molecule has 0 spiro atoms. The topological polar surface area (TPSA) is 100 Å². The summed E-state index contributed by atoms with van der Waals surface area (Å²) in [6, 6.07) is 3.61. The highest BCUT2D eigenvalue weighted by atomic mass is 16.5. The number of aromatic nitrogens is 3. The number of nitrogens with one attached hydrogen (secondary N) is 1. The molecule has 8 nitrogen and oxygen atoms in total. The van der Waals surface area contributed by atoms with Gasteiger partial charge in [0.05, 0.1) is 30.2 Å². The minimum absolute atomic E-state index is 0. The number of aliphatic hydroxyl groups is 1.